The monoisotopic (exact) mass is 284 g/mol. The second kappa shape index (κ2) is 7.59. The average molecular weight is 284 g/mol. The number of nitrogens with one attached hydrogen (secondary N) is 1. The van der Waals surface area contributed by atoms with Gasteiger partial charge in [-0.2, -0.15) is 0 Å². The third kappa shape index (κ3) is 4.45. The number of hydrogen-bond acceptors (Lipinski definition) is 4. The Bertz CT molecular complexity index is 334. The van der Waals surface area contributed by atoms with Crippen molar-refractivity contribution in [2.75, 3.05) is 39.4 Å². The molecule has 0 bridgehead atoms. The second-order valence-electron chi connectivity index (χ2n) is 5.68. The molecule has 0 aromatic carbocycles. The first kappa shape index (κ1) is 15.3. The third-order valence-corrected chi connectivity index (χ3v) is 4.27. The number of nitrogens with zero attached hydrogens (tertiary/aromatic N) is 1. The van der Waals surface area contributed by atoms with E-state index in [2.05, 4.69) is 5.32 Å². The zero-order chi connectivity index (χ0) is 14.4. The Balaban J connectivity index is 1.59. The highest BCUT2D eigenvalue weighted by Gasteiger charge is 2.25. The van der Waals surface area contributed by atoms with Crippen LogP contribution in [0.2, 0.25) is 0 Å². The summed E-state index contributed by atoms with van der Waals surface area (Å²) in [6.45, 7) is 3.81. The van der Waals surface area contributed by atoms with Crippen LogP contribution in [-0.2, 0) is 14.3 Å². The van der Waals surface area contributed by atoms with Gasteiger partial charge in [-0.3, -0.25) is 9.59 Å². The maximum atomic E-state index is 11.9. The Hall–Kier alpha value is -1.14. The molecule has 2 rings (SSSR count). The molecule has 6 nitrogen and oxygen atoms in total. The van der Waals surface area contributed by atoms with Crippen molar-refractivity contribution in [3.8, 4) is 0 Å². The fourth-order valence-corrected chi connectivity index (χ4v) is 2.92. The Morgan fingerprint density at radius 2 is 1.80 bits per heavy atom. The molecule has 0 radical (unpaired) electrons. The molecule has 2 fully saturated rings. The normalized spacial score (nSPS) is 27.3. The summed E-state index contributed by atoms with van der Waals surface area (Å²) < 4.78 is 5.22. The van der Waals surface area contributed by atoms with Crippen LogP contribution < -0.4 is 5.32 Å². The van der Waals surface area contributed by atoms with Gasteiger partial charge in [0, 0.05) is 13.1 Å². The van der Waals surface area contributed by atoms with Crippen molar-refractivity contribution >= 4 is 11.9 Å². The van der Waals surface area contributed by atoms with E-state index in [1.165, 1.54) is 0 Å². The number of carboxylic acid groups (broad SMARTS) is 1. The summed E-state index contributed by atoms with van der Waals surface area (Å²) in [5, 5.41) is 12.2. The highest BCUT2D eigenvalue weighted by molar-refractivity contribution is 5.78. The fourth-order valence-electron chi connectivity index (χ4n) is 2.92. The predicted molar refractivity (Wildman–Crippen MR) is 73.4 cm³/mol. The summed E-state index contributed by atoms with van der Waals surface area (Å²) in [5.41, 5.74) is 0. The molecule has 1 heterocycles. The van der Waals surface area contributed by atoms with Crippen molar-refractivity contribution in [1.82, 2.24) is 10.2 Å². The van der Waals surface area contributed by atoms with Crippen LogP contribution in [0.15, 0.2) is 0 Å². The molecule has 1 aliphatic carbocycles. The van der Waals surface area contributed by atoms with Crippen LogP contribution in [0.4, 0.5) is 0 Å². The lowest BCUT2D eigenvalue weighted by Gasteiger charge is -2.28. The molecule has 114 valence electrons. The molecule has 1 saturated heterocycles. The van der Waals surface area contributed by atoms with Gasteiger partial charge in [0.05, 0.1) is 25.7 Å². The Kier molecular flexibility index (Phi) is 5.79. The van der Waals surface area contributed by atoms with Crippen LogP contribution in [0.1, 0.15) is 25.7 Å². The van der Waals surface area contributed by atoms with Gasteiger partial charge in [-0.05, 0) is 38.1 Å². The van der Waals surface area contributed by atoms with Crippen LogP contribution in [0.25, 0.3) is 0 Å². The number of carboxylic acids is 1. The van der Waals surface area contributed by atoms with E-state index in [4.69, 9.17) is 9.84 Å². The van der Waals surface area contributed by atoms with Gasteiger partial charge in [-0.25, -0.2) is 0 Å². The van der Waals surface area contributed by atoms with Crippen molar-refractivity contribution in [3.05, 3.63) is 0 Å². The van der Waals surface area contributed by atoms with E-state index >= 15 is 0 Å². The minimum atomic E-state index is -0.668. The van der Waals surface area contributed by atoms with Crippen LogP contribution >= 0.6 is 0 Å². The number of rotatable bonds is 5. The van der Waals surface area contributed by atoms with E-state index in [1.54, 1.807) is 0 Å². The SMILES string of the molecule is O=C(O)C1CCC(CNCC(=O)N2CCOCC2)CC1. The molecule has 6 heteroatoms. The van der Waals surface area contributed by atoms with Gasteiger partial charge < -0.3 is 20.1 Å². The summed E-state index contributed by atoms with van der Waals surface area (Å²) in [6, 6.07) is 0. The number of hydrogen-bond donors (Lipinski definition) is 2. The summed E-state index contributed by atoms with van der Waals surface area (Å²) in [6.07, 6.45) is 3.41. The minimum Gasteiger partial charge on any atom is -0.481 e. The molecule has 0 atom stereocenters. The van der Waals surface area contributed by atoms with E-state index in [-0.39, 0.29) is 11.8 Å². The van der Waals surface area contributed by atoms with Gasteiger partial charge in [0.25, 0.3) is 0 Å². The number of carbonyl (C=O) groups excluding carboxylic acids is 1. The summed E-state index contributed by atoms with van der Waals surface area (Å²) in [5.74, 6) is -0.198. The molecule has 0 unspecified atom stereocenters. The largest absolute Gasteiger partial charge is 0.481 e. The van der Waals surface area contributed by atoms with Gasteiger partial charge >= 0.3 is 5.97 Å². The van der Waals surface area contributed by atoms with Gasteiger partial charge in [0.1, 0.15) is 0 Å². The average Bonchev–Trinajstić information content (AvgIpc) is 2.48. The van der Waals surface area contributed by atoms with Crippen molar-refractivity contribution in [2.45, 2.75) is 25.7 Å². The molecule has 1 saturated carbocycles. The molecule has 1 amide bonds. The molecule has 20 heavy (non-hydrogen) atoms. The summed E-state index contributed by atoms with van der Waals surface area (Å²) in [7, 11) is 0. The van der Waals surface area contributed by atoms with Crippen molar-refractivity contribution in [2.24, 2.45) is 11.8 Å². The standard InChI is InChI=1S/C14H24N2O4/c17-13(16-5-7-20-8-6-16)10-15-9-11-1-3-12(4-2-11)14(18)19/h11-12,15H,1-10H2,(H,18,19). The molecule has 0 aromatic heterocycles. The van der Waals surface area contributed by atoms with Crippen LogP contribution in [0.3, 0.4) is 0 Å². The molecule has 0 aromatic rings. The number of morpholine rings is 1. The van der Waals surface area contributed by atoms with Crippen molar-refractivity contribution in [1.29, 1.82) is 0 Å². The van der Waals surface area contributed by atoms with Gasteiger partial charge in [0.2, 0.25) is 5.91 Å². The third-order valence-electron chi connectivity index (χ3n) is 4.27. The quantitative estimate of drug-likeness (QED) is 0.760. The van der Waals surface area contributed by atoms with E-state index in [0.717, 1.165) is 32.2 Å². The molecule has 2 aliphatic rings. The lowest BCUT2D eigenvalue weighted by molar-refractivity contribution is -0.143. The summed E-state index contributed by atoms with van der Waals surface area (Å²) in [4.78, 5) is 24.6. The Labute approximate surface area is 119 Å². The molecule has 2 N–H and O–H groups in total. The Morgan fingerprint density at radius 1 is 1.15 bits per heavy atom. The highest BCUT2D eigenvalue weighted by atomic mass is 16.5. The maximum absolute atomic E-state index is 11.9. The van der Waals surface area contributed by atoms with E-state index < -0.39 is 5.97 Å². The first-order valence-electron chi connectivity index (χ1n) is 7.46. The van der Waals surface area contributed by atoms with Crippen molar-refractivity contribution < 1.29 is 19.4 Å². The zero-order valence-electron chi connectivity index (χ0n) is 11.8. The zero-order valence-corrected chi connectivity index (χ0v) is 11.8. The first-order valence-corrected chi connectivity index (χ1v) is 7.46. The smallest absolute Gasteiger partial charge is 0.306 e. The van der Waals surface area contributed by atoms with Gasteiger partial charge in [-0.15, -0.1) is 0 Å². The van der Waals surface area contributed by atoms with Crippen LogP contribution in [0.5, 0.6) is 0 Å². The second-order valence-corrected chi connectivity index (χ2v) is 5.68. The molecular weight excluding hydrogens is 260 g/mol. The van der Waals surface area contributed by atoms with E-state index in [1.807, 2.05) is 4.90 Å². The molecule has 0 spiro atoms. The molecule has 1 aliphatic heterocycles. The Morgan fingerprint density at radius 3 is 2.40 bits per heavy atom. The highest BCUT2D eigenvalue weighted by Crippen LogP contribution is 2.28. The van der Waals surface area contributed by atoms with E-state index in [9.17, 15) is 9.59 Å². The van der Waals surface area contributed by atoms with Gasteiger partial charge in [-0.1, -0.05) is 0 Å². The van der Waals surface area contributed by atoms with E-state index in [0.29, 0.717) is 38.8 Å². The first-order chi connectivity index (χ1) is 9.66. The lowest BCUT2D eigenvalue weighted by atomic mass is 9.82. The number of amides is 1. The van der Waals surface area contributed by atoms with Crippen LogP contribution in [-0.4, -0.2) is 61.3 Å². The number of ether oxygens (including phenoxy) is 1. The lowest BCUT2D eigenvalue weighted by Crippen LogP contribution is -2.45. The number of carbonyl (C=O) groups is 2. The fraction of sp³-hybridized carbons (Fsp3) is 0.857. The predicted octanol–water partition coefficient (Wildman–Crippen LogP) is 0.326. The maximum Gasteiger partial charge on any atom is 0.306 e. The van der Waals surface area contributed by atoms with Gasteiger partial charge in [0.15, 0.2) is 0 Å². The minimum absolute atomic E-state index is 0.132. The number of aliphatic carboxylic acids is 1. The molecular formula is C14H24N2O4. The topological polar surface area (TPSA) is 78.9 Å². The van der Waals surface area contributed by atoms with Crippen LogP contribution in [0, 0.1) is 11.8 Å². The van der Waals surface area contributed by atoms with Crippen molar-refractivity contribution in [3.63, 3.8) is 0 Å². The summed E-state index contributed by atoms with van der Waals surface area (Å²) >= 11 is 0.